The van der Waals surface area contributed by atoms with Gasteiger partial charge >= 0.3 is 5.97 Å². The quantitative estimate of drug-likeness (QED) is 0.513. The summed E-state index contributed by atoms with van der Waals surface area (Å²) in [5.74, 6) is -0.295. The first-order valence-electron chi connectivity index (χ1n) is 8.94. The normalized spacial score (nSPS) is 13.5. The van der Waals surface area contributed by atoms with Crippen LogP contribution in [-0.2, 0) is 17.6 Å². The smallest absolute Gasteiger partial charge is 0.341 e. The summed E-state index contributed by atoms with van der Waals surface area (Å²) in [6, 6.07) is 1.72. The van der Waals surface area contributed by atoms with Gasteiger partial charge in [0.1, 0.15) is 10.7 Å². The van der Waals surface area contributed by atoms with Crippen LogP contribution < -0.4 is 5.32 Å². The third-order valence-electron chi connectivity index (χ3n) is 4.53. The van der Waals surface area contributed by atoms with Crippen molar-refractivity contribution in [1.82, 2.24) is 15.0 Å². The Morgan fingerprint density at radius 2 is 1.93 bits per heavy atom. The molecule has 0 spiro atoms. The number of fused-ring (bicyclic) bond motifs is 1. The van der Waals surface area contributed by atoms with Gasteiger partial charge in [0, 0.05) is 22.7 Å². The Kier molecular flexibility index (Phi) is 5.45. The molecule has 1 amide bonds. The zero-order chi connectivity index (χ0) is 19.5. The first kappa shape index (κ1) is 18.7. The SMILES string of the molecule is COC(=O)c1c(NC(=O)c2csc(-c3ncccn3)n2)sc2c1CCCCC2. The van der Waals surface area contributed by atoms with Crippen molar-refractivity contribution in [3.63, 3.8) is 0 Å². The molecule has 0 unspecified atom stereocenters. The molecular weight excluding hydrogens is 396 g/mol. The van der Waals surface area contributed by atoms with Crippen LogP contribution in [0.4, 0.5) is 5.00 Å². The molecule has 3 aromatic heterocycles. The van der Waals surface area contributed by atoms with Gasteiger partial charge in [0.05, 0.1) is 12.7 Å². The van der Waals surface area contributed by atoms with Crippen molar-refractivity contribution in [2.24, 2.45) is 0 Å². The number of thiophene rings is 1. The summed E-state index contributed by atoms with van der Waals surface area (Å²) >= 11 is 2.76. The van der Waals surface area contributed by atoms with Gasteiger partial charge in [-0.3, -0.25) is 4.79 Å². The maximum atomic E-state index is 12.7. The minimum Gasteiger partial charge on any atom is -0.465 e. The van der Waals surface area contributed by atoms with E-state index in [1.54, 1.807) is 23.8 Å². The number of methoxy groups -OCH3 is 1. The van der Waals surface area contributed by atoms with E-state index < -0.39 is 5.97 Å². The number of rotatable bonds is 4. The second kappa shape index (κ2) is 8.15. The highest BCUT2D eigenvalue weighted by molar-refractivity contribution is 7.17. The number of thiazole rings is 1. The molecule has 0 atom stereocenters. The minimum atomic E-state index is -0.411. The van der Waals surface area contributed by atoms with E-state index in [4.69, 9.17) is 4.74 Å². The summed E-state index contributed by atoms with van der Waals surface area (Å²) in [5, 5.41) is 5.64. The molecule has 1 aliphatic rings. The van der Waals surface area contributed by atoms with E-state index >= 15 is 0 Å². The summed E-state index contributed by atoms with van der Waals surface area (Å²) in [4.78, 5) is 38.9. The summed E-state index contributed by atoms with van der Waals surface area (Å²) in [5.41, 5.74) is 1.77. The molecule has 4 rings (SSSR count). The Bertz CT molecular complexity index is 1010. The first-order chi connectivity index (χ1) is 13.7. The van der Waals surface area contributed by atoms with Crippen molar-refractivity contribution in [2.45, 2.75) is 32.1 Å². The van der Waals surface area contributed by atoms with Gasteiger partial charge in [-0.25, -0.2) is 19.7 Å². The van der Waals surface area contributed by atoms with E-state index in [-0.39, 0.29) is 11.6 Å². The molecule has 0 fully saturated rings. The number of esters is 1. The number of amides is 1. The second-order valence-electron chi connectivity index (χ2n) is 6.32. The summed E-state index contributed by atoms with van der Waals surface area (Å²) in [6.07, 6.45) is 8.29. The predicted molar refractivity (Wildman–Crippen MR) is 108 cm³/mol. The molecule has 1 aliphatic carbocycles. The van der Waals surface area contributed by atoms with Gasteiger partial charge in [0.25, 0.3) is 5.91 Å². The van der Waals surface area contributed by atoms with E-state index in [1.807, 2.05) is 0 Å². The minimum absolute atomic E-state index is 0.270. The summed E-state index contributed by atoms with van der Waals surface area (Å²) < 4.78 is 4.98. The van der Waals surface area contributed by atoms with Crippen molar-refractivity contribution in [3.8, 4) is 10.8 Å². The maximum absolute atomic E-state index is 12.7. The van der Waals surface area contributed by atoms with Gasteiger partial charge < -0.3 is 10.1 Å². The lowest BCUT2D eigenvalue weighted by atomic mass is 10.1. The average Bonchev–Trinajstić information content (AvgIpc) is 3.27. The number of nitrogens with zero attached hydrogens (tertiary/aromatic N) is 3. The van der Waals surface area contributed by atoms with Crippen molar-refractivity contribution < 1.29 is 14.3 Å². The Hall–Kier alpha value is -2.65. The largest absolute Gasteiger partial charge is 0.465 e. The maximum Gasteiger partial charge on any atom is 0.341 e. The van der Waals surface area contributed by atoms with Gasteiger partial charge in [-0.2, -0.15) is 0 Å². The molecule has 144 valence electrons. The molecule has 0 saturated carbocycles. The first-order valence-corrected chi connectivity index (χ1v) is 10.6. The van der Waals surface area contributed by atoms with E-state index in [2.05, 4.69) is 20.3 Å². The lowest BCUT2D eigenvalue weighted by molar-refractivity contribution is 0.0601. The van der Waals surface area contributed by atoms with Crippen LogP contribution in [0.3, 0.4) is 0 Å². The van der Waals surface area contributed by atoms with Crippen LogP contribution in [0.1, 0.15) is 50.5 Å². The molecule has 0 saturated heterocycles. The predicted octanol–water partition coefficient (Wildman–Crippen LogP) is 3.97. The highest BCUT2D eigenvalue weighted by Gasteiger charge is 2.27. The number of carbonyl (C=O) groups excluding carboxylic acids is 2. The molecule has 9 heteroatoms. The monoisotopic (exact) mass is 414 g/mol. The van der Waals surface area contributed by atoms with Crippen LogP contribution in [0.15, 0.2) is 23.8 Å². The Morgan fingerprint density at radius 3 is 2.71 bits per heavy atom. The Morgan fingerprint density at radius 1 is 1.14 bits per heavy atom. The number of nitrogens with one attached hydrogen (secondary N) is 1. The van der Waals surface area contributed by atoms with Crippen LogP contribution in [0, 0.1) is 0 Å². The fraction of sp³-hybridized carbons (Fsp3) is 0.316. The van der Waals surface area contributed by atoms with Gasteiger partial charge in [-0.15, -0.1) is 22.7 Å². The number of carbonyl (C=O) groups is 2. The van der Waals surface area contributed by atoms with Gasteiger partial charge in [0.15, 0.2) is 10.8 Å². The highest BCUT2D eigenvalue weighted by atomic mass is 32.1. The van der Waals surface area contributed by atoms with Gasteiger partial charge in [-0.05, 0) is 37.3 Å². The zero-order valence-corrected chi connectivity index (χ0v) is 16.9. The average molecular weight is 415 g/mol. The standard InChI is InChI=1S/C19H18N4O3S2/c1-26-19(25)14-11-6-3-2-4-7-13(11)28-17(14)23-16(24)12-10-27-18(22-12)15-20-8-5-9-21-15/h5,8-10H,2-4,6-7H2,1H3,(H,23,24). The van der Waals surface area contributed by atoms with Gasteiger partial charge in [-0.1, -0.05) is 6.42 Å². The topological polar surface area (TPSA) is 94.1 Å². The molecule has 3 aromatic rings. The van der Waals surface area contributed by atoms with Crippen LogP contribution in [0.25, 0.3) is 10.8 Å². The zero-order valence-electron chi connectivity index (χ0n) is 15.2. The summed E-state index contributed by atoms with van der Waals surface area (Å²) in [7, 11) is 1.36. The highest BCUT2D eigenvalue weighted by Crippen LogP contribution is 2.38. The lowest BCUT2D eigenvalue weighted by Gasteiger charge is -2.06. The molecule has 0 bridgehead atoms. The van der Waals surface area contributed by atoms with Crippen LogP contribution >= 0.6 is 22.7 Å². The van der Waals surface area contributed by atoms with E-state index in [1.165, 1.54) is 29.8 Å². The molecule has 0 aromatic carbocycles. The fourth-order valence-corrected chi connectivity index (χ4v) is 5.22. The van der Waals surface area contributed by atoms with Gasteiger partial charge in [0.2, 0.25) is 0 Å². The van der Waals surface area contributed by atoms with Crippen molar-refractivity contribution in [1.29, 1.82) is 0 Å². The molecule has 0 radical (unpaired) electrons. The third-order valence-corrected chi connectivity index (χ3v) is 6.58. The molecule has 1 N–H and O–H groups in total. The molecule has 28 heavy (non-hydrogen) atoms. The Balaban J connectivity index is 1.61. The van der Waals surface area contributed by atoms with Crippen molar-refractivity contribution >= 4 is 39.6 Å². The van der Waals surface area contributed by atoms with Crippen molar-refractivity contribution in [2.75, 3.05) is 12.4 Å². The number of anilines is 1. The molecule has 3 heterocycles. The van der Waals surface area contributed by atoms with Crippen molar-refractivity contribution in [3.05, 3.63) is 45.5 Å². The fourth-order valence-electron chi connectivity index (χ4n) is 3.21. The van der Waals surface area contributed by atoms with Crippen LogP contribution in [0.5, 0.6) is 0 Å². The number of ether oxygens (including phenoxy) is 1. The Labute approximate surface area is 169 Å². The summed E-state index contributed by atoms with van der Waals surface area (Å²) in [6.45, 7) is 0. The lowest BCUT2D eigenvalue weighted by Crippen LogP contribution is -2.15. The number of hydrogen-bond acceptors (Lipinski definition) is 8. The second-order valence-corrected chi connectivity index (χ2v) is 8.29. The van der Waals surface area contributed by atoms with E-state index in [0.29, 0.717) is 21.4 Å². The molecule has 0 aliphatic heterocycles. The number of hydrogen-bond donors (Lipinski definition) is 1. The van der Waals surface area contributed by atoms with E-state index in [9.17, 15) is 9.59 Å². The number of aromatic nitrogens is 3. The van der Waals surface area contributed by atoms with Crippen LogP contribution in [0.2, 0.25) is 0 Å². The number of aryl methyl sites for hydroxylation is 1. The van der Waals surface area contributed by atoms with E-state index in [0.717, 1.165) is 42.5 Å². The molecule has 7 nitrogen and oxygen atoms in total. The van der Waals surface area contributed by atoms with Crippen LogP contribution in [-0.4, -0.2) is 33.9 Å². The third kappa shape index (κ3) is 3.67. The molecular formula is C19H18N4O3S2.